The molecule has 1 aromatic heterocycles. The molecule has 0 aliphatic carbocycles. The van der Waals surface area contributed by atoms with Gasteiger partial charge in [0.05, 0.1) is 0 Å². The van der Waals surface area contributed by atoms with E-state index in [1.807, 2.05) is 37.3 Å². The monoisotopic (exact) mass is 197 g/mol. The van der Waals surface area contributed by atoms with Gasteiger partial charge in [-0.2, -0.15) is 0 Å². The normalized spacial score (nSPS) is 9.40. The maximum absolute atomic E-state index is 4.79. The zero-order chi connectivity index (χ0) is 10.5. The molecule has 1 aromatic carbocycles. The van der Waals surface area contributed by atoms with E-state index in [1.54, 1.807) is 6.26 Å². The standard InChI is InChI=1S/C13H11NO/c1-2-3-4-11-5-7-12(8-6-11)13-9-10-15-14-13/h5-10H,2H2,1H3. The van der Waals surface area contributed by atoms with Crippen molar-refractivity contribution in [1.82, 2.24) is 5.16 Å². The molecule has 74 valence electrons. The van der Waals surface area contributed by atoms with Gasteiger partial charge in [-0.05, 0) is 12.1 Å². The van der Waals surface area contributed by atoms with Crippen LogP contribution in [0, 0.1) is 11.8 Å². The first-order chi connectivity index (χ1) is 7.40. The summed E-state index contributed by atoms with van der Waals surface area (Å²) in [7, 11) is 0. The van der Waals surface area contributed by atoms with E-state index < -0.39 is 0 Å². The Kier molecular flexibility index (Phi) is 2.85. The zero-order valence-electron chi connectivity index (χ0n) is 8.53. The minimum atomic E-state index is 0.852. The summed E-state index contributed by atoms with van der Waals surface area (Å²) < 4.78 is 4.79. The third kappa shape index (κ3) is 2.26. The molecule has 15 heavy (non-hydrogen) atoms. The van der Waals surface area contributed by atoms with Crippen LogP contribution in [-0.2, 0) is 0 Å². The highest BCUT2D eigenvalue weighted by molar-refractivity contribution is 5.59. The van der Waals surface area contributed by atoms with Gasteiger partial charge in [0, 0.05) is 23.6 Å². The molecule has 1 heterocycles. The second-order valence-corrected chi connectivity index (χ2v) is 3.12. The zero-order valence-corrected chi connectivity index (χ0v) is 8.53. The average Bonchev–Trinajstić information content (AvgIpc) is 2.80. The van der Waals surface area contributed by atoms with Gasteiger partial charge in [0.1, 0.15) is 12.0 Å². The third-order valence-electron chi connectivity index (χ3n) is 2.03. The van der Waals surface area contributed by atoms with Gasteiger partial charge >= 0.3 is 0 Å². The highest BCUT2D eigenvalue weighted by Gasteiger charge is 1.99. The summed E-state index contributed by atoms with van der Waals surface area (Å²) in [6, 6.07) is 9.82. The molecule has 2 nitrogen and oxygen atoms in total. The Balaban J connectivity index is 2.25. The van der Waals surface area contributed by atoms with Gasteiger partial charge < -0.3 is 4.52 Å². The summed E-state index contributed by atoms with van der Waals surface area (Å²) in [5, 5.41) is 3.87. The quantitative estimate of drug-likeness (QED) is 0.656. The molecule has 0 fully saturated rings. The lowest BCUT2D eigenvalue weighted by Gasteiger charge is -1.95. The molecular weight excluding hydrogens is 186 g/mol. The van der Waals surface area contributed by atoms with Crippen LogP contribution in [0.5, 0.6) is 0 Å². The average molecular weight is 197 g/mol. The second kappa shape index (κ2) is 4.47. The Labute approximate surface area is 88.9 Å². The van der Waals surface area contributed by atoms with E-state index in [4.69, 9.17) is 4.52 Å². The second-order valence-electron chi connectivity index (χ2n) is 3.12. The maximum Gasteiger partial charge on any atom is 0.124 e. The van der Waals surface area contributed by atoms with Crippen LogP contribution in [0.15, 0.2) is 41.1 Å². The van der Waals surface area contributed by atoms with Crippen LogP contribution in [0.3, 0.4) is 0 Å². The molecule has 0 radical (unpaired) electrons. The van der Waals surface area contributed by atoms with Gasteiger partial charge in [0.25, 0.3) is 0 Å². The van der Waals surface area contributed by atoms with E-state index in [0.29, 0.717) is 0 Å². The van der Waals surface area contributed by atoms with Crippen molar-refractivity contribution in [3.05, 3.63) is 42.2 Å². The highest BCUT2D eigenvalue weighted by Crippen LogP contribution is 2.16. The van der Waals surface area contributed by atoms with Gasteiger partial charge in [0.2, 0.25) is 0 Å². The van der Waals surface area contributed by atoms with Crippen molar-refractivity contribution in [2.75, 3.05) is 0 Å². The first-order valence-electron chi connectivity index (χ1n) is 4.90. The Morgan fingerprint density at radius 2 is 2.00 bits per heavy atom. The van der Waals surface area contributed by atoms with E-state index in [0.717, 1.165) is 23.2 Å². The fraction of sp³-hybridized carbons (Fsp3) is 0.154. The van der Waals surface area contributed by atoms with Crippen LogP contribution in [0.25, 0.3) is 11.3 Å². The lowest BCUT2D eigenvalue weighted by molar-refractivity contribution is 0.422. The van der Waals surface area contributed by atoms with Gasteiger partial charge in [-0.1, -0.05) is 36.1 Å². The smallest absolute Gasteiger partial charge is 0.124 e. The molecule has 0 saturated heterocycles. The fourth-order valence-corrected chi connectivity index (χ4v) is 1.28. The first-order valence-corrected chi connectivity index (χ1v) is 4.90. The summed E-state index contributed by atoms with van der Waals surface area (Å²) in [4.78, 5) is 0. The molecule has 0 amide bonds. The van der Waals surface area contributed by atoms with Crippen LogP contribution < -0.4 is 0 Å². The predicted molar refractivity (Wildman–Crippen MR) is 59.1 cm³/mol. The minimum absolute atomic E-state index is 0.852. The predicted octanol–water partition coefficient (Wildman–Crippen LogP) is 3.10. The van der Waals surface area contributed by atoms with E-state index in [1.165, 1.54) is 0 Å². The Bertz CT molecular complexity index is 471. The number of aromatic nitrogens is 1. The number of nitrogens with zero attached hydrogens (tertiary/aromatic N) is 1. The molecular formula is C13H11NO. The molecule has 0 bridgehead atoms. The van der Waals surface area contributed by atoms with Crippen LogP contribution >= 0.6 is 0 Å². The molecule has 0 spiro atoms. The molecule has 2 heteroatoms. The van der Waals surface area contributed by atoms with E-state index >= 15 is 0 Å². The Morgan fingerprint density at radius 1 is 1.20 bits per heavy atom. The largest absolute Gasteiger partial charge is 0.364 e. The Hall–Kier alpha value is -2.01. The molecule has 0 atom stereocenters. The van der Waals surface area contributed by atoms with E-state index in [-0.39, 0.29) is 0 Å². The summed E-state index contributed by atoms with van der Waals surface area (Å²) in [5.41, 5.74) is 2.93. The van der Waals surface area contributed by atoms with Crippen molar-refractivity contribution >= 4 is 0 Å². The summed E-state index contributed by atoms with van der Waals surface area (Å²) >= 11 is 0. The van der Waals surface area contributed by atoms with E-state index in [2.05, 4.69) is 17.0 Å². The summed E-state index contributed by atoms with van der Waals surface area (Å²) in [5.74, 6) is 6.11. The third-order valence-corrected chi connectivity index (χ3v) is 2.03. The number of rotatable bonds is 1. The van der Waals surface area contributed by atoms with Crippen molar-refractivity contribution in [2.45, 2.75) is 13.3 Å². The van der Waals surface area contributed by atoms with Crippen molar-refractivity contribution in [1.29, 1.82) is 0 Å². The maximum atomic E-state index is 4.79. The summed E-state index contributed by atoms with van der Waals surface area (Å²) in [6.45, 7) is 2.04. The van der Waals surface area contributed by atoms with Crippen LogP contribution in [0.4, 0.5) is 0 Å². The molecule has 2 aromatic rings. The van der Waals surface area contributed by atoms with Gasteiger partial charge in [-0.15, -0.1) is 0 Å². The van der Waals surface area contributed by atoms with Crippen LogP contribution in [0.2, 0.25) is 0 Å². The molecule has 0 aliphatic rings. The number of hydrogen-bond donors (Lipinski definition) is 0. The lowest BCUT2D eigenvalue weighted by atomic mass is 10.1. The first kappa shape index (κ1) is 9.54. The fourth-order valence-electron chi connectivity index (χ4n) is 1.28. The summed E-state index contributed by atoms with van der Waals surface area (Å²) in [6.07, 6.45) is 2.45. The van der Waals surface area contributed by atoms with Crippen LogP contribution in [-0.4, -0.2) is 5.16 Å². The van der Waals surface area contributed by atoms with Crippen molar-refractivity contribution in [3.63, 3.8) is 0 Å². The van der Waals surface area contributed by atoms with Gasteiger partial charge in [0.15, 0.2) is 0 Å². The SMILES string of the molecule is CCC#Cc1ccc(-c2ccon2)cc1. The minimum Gasteiger partial charge on any atom is -0.364 e. The lowest BCUT2D eigenvalue weighted by Crippen LogP contribution is -1.78. The van der Waals surface area contributed by atoms with E-state index in [9.17, 15) is 0 Å². The number of hydrogen-bond acceptors (Lipinski definition) is 2. The molecule has 0 aliphatic heterocycles. The topological polar surface area (TPSA) is 26.0 Å². The molecule has 0 unspecified atom stereocenters. The highest BCUT2D eigenvalue weighted by atomic mass is 16.5. The molecule has 0 saturated carbocycles. The van der Waals surface area contributed by atoms with Crippen molar-refractivity contribution in [2.24, 2.45) is 0 Å². The Morgan fingerprint density at radius 3 is 2.60 bits per heavy atom. The van der Waals surface area contributed by atoms with Crippen molar-refractivity contribution in [3.8, 4) is 23.1 Å². The van der Waals surface area contributed by atoms with Crippen LogP contribution in [0.1, 0.15) is 18.9 Å². The van der Waals surface area contributed by atoms with Gasteiger partial charge in [-0.3, -0.25) is 0 Å². The number of benzene rings is 1. The molecule has 2 rings (SSSR count). The van der Waals surface area contributed by atoms with Gasteiger partial charge in [-0.25, -0.2) is 0 Å². The molecule has 0 N–H and O–H groups in total. The van der Waals surface area contributed by atoms with Crippen molar-refractivity contribution < 1.29 is 4.52 Å².